The van der Waals surface area contributed by atoms with Gasteiger partial charge in [-0.3, -0.25) is 14.0 Å². The van der Waals surface area contributed by atoms with E-state index in [1.807, 2.05) is 43.3 Å². The van der Waals surface area contributed by atoms with E-state index in [0.717, 1.165) is 30.6 Å². The largest absolute Gasteiger partial charge is 0.376 e. The number of pyridine rings is 2. The molecule has 0 bridgehead atoms. The highest BCUT2D eigenvalue weighted by atomic mass is 16.5. The number of carbonyl (C=O) groups excluding carboxylic acids is 1. The van der Waals surface area contributed by atoms with Crippen LogP contribution < -0.4 is 16.2 Å². The number of hydrogen-bond acceptors (Lipinski definition) is 6. The quantitative estimate of drug-likeness (QED) is 0.445. The lowest BCUT2D eigenvalue weighted by atomic mass is 10.1. The van der Waals surface area contributed by atoms with Crippen molar-refractivity contribution in [1.29, 1.82) is 0 Å². The van der Waals surface area contributed by atoms with Gasteiger partial charge < -0.3 is 15.4 Å². The summed E-state index contributed by atoms with van der Waals surface area (Å²) in [5.74, 6) is 0.0868. The van der Waals surface area contributed by atoms with Gasteiger partial charge in [0.25, 0.3) is 11.5 Å². The predicted molar refractivity (Wildman–Crippen MR) is 127 cm³/mol. The number of rotatable bonds is 6. The molecule has 4 heterocycles. The van der Waals surface area contributed by atoms with Crippen molar-refractivity contribution in [3.63, 3.8) is 0 Å². The SMILES string of the molecule is Cc1ccc2nc3nc(NC[C@@H]4CCCO4)c(C(=O)NCc4ccccc4)cc3c(=O)n2c1. The molecular formula is C25H25N5O3. The molecule has 2 N–H and O–H groups in total. The van der Waals surface area contributed by atoms with Crippen molar-refractivity contribution in [2.45, 2.75) is 32.4 Å². The second kappa shape index (κ2) is 8.99. The van der Waals surface area contributed by atoms with Gasteiger partial charge in [-0.2, -0.15) is 0 Å². The maximum absolute atomic E-state index is 13.2. The van der Waals surface area contributed by atoms with Gasteiger partial charge in [0.2, 0.25) is 0 Å². The number of nitrogens with zero attached hydrogens (tertiary/aromatic N) is 3. The summed E-state index contributed by atoms with van der Waals surface area (Å²) in [5, 5.41) is 6.49. The first-order valence-electron chi connectivity index (χ1n) is 11.1. The van der Waals surface area contributed by atoms with E-state index in [1.54, 1.807) is 18.3 Å². The van der Waals surface area contributed by atoms with Crippen LogP contribution in [0.4, 0.5) is 5.82 Å². The molecule has 8 heteroatoms. The average Bonchev–Trinajstić information content (AvgIpc) is 3.36. The number of benzene rings is 1. The third-order valence-corrected chi connectivity index (χ3v) is 5.81. The maximum atomic E-state index is 13.2. The van der Waals surface area contributed by atoms with Gasteiger partial charge in [-0.15, -0.1) is 0 Å². The number of anilines is 1. The van der Waals surface area contributed by atoms with Crippen LogP contribution in [0.3, 0.4) is 0 Å². The Kier molecular flexibility index (Phi) is 5.75. The number of ether oxygens (including phenoxy) is 1. The van der Waals surface area contributed by atoms with E-state index in [-0.39, 0.29) is 17.6 Å². The molecule has 33 heavy (non-hydrogen) atoms. The van der Waals surface area contributed by atoms with Crippen LogP contribution in [-0.2, 0) is 11.3 Å². The first kappa shape index (κ1) is 21.1. The van der Waals surface area contributed by atoms with Crippen LogP contribution >= 0.6 is 0 Å². The van der Waals surface area contributed by atoms with Gasteiger partial charge in [0.15, 0.2) is 5.65 Å². The van der Waals surface area contributed by atoms with Crippen LogP contribution in [0.25, 0.3) is 16.7 Å². The van der Waals surface area contributed by atoms with Crippen molar-refractivity contribution in [2.75, 3.05) is 18.5 Å². The molecule has 8 nitrogen and oxygen atoms in total. The normalized spacial score (nSPS) is 15.7. The zero-order chi connectivity index (χ0) is 22.8. The molecule has 1 aromatic carbocycles. The van der Waals surface area contributed by atoms with E-state index in [2.05, 4.69) is 20.6 Å². The van der Waals surface area contributed by atoms with Gasteiger partial charge in [-0.25, -0.2) is 9.97 Å². The van der Waals surface area contributed by atoms with E-state index >= 15 is 0 Å². The fraction of sp³-hybridized carbons (Fsp3) is 0.280. The minimum atomic E-state index is -0.308. The summed E-state index contributed by atoms with van der Waals surface area (Å²) in [5.41, 5.74) is 2.79. The highest BCUT2D eigenvalue weighted by molar-refractivity contribution is 6.01. The lowest BCUT2D eigenvalue weighted by molar-refractivity contribution is 0.0951. The Hall–Kier alpha value is -3.78. The minimum Gasteiger partial charge on any atom is -0.376 e. The summed E-state index contributed by atoms with van der Waals surface area (Å²) in [6.45, 7) is 3.56. The lowest BCUT2D eigenvalue weighted by Crippen LogP contribution is -2.27. The summed E-state index contributed by atoms with van der Waals surface area (Å²) >= 11 is 0. The summed E-state index contributed by atoms with van der Waals surface area (Å²) < 4.78 is 7.19. The molecule has 0 spiro atoms. The Morgan fingerprint density at radius 2 is 2.03 bits per heavy atom. The molecule has 4 aromatic rings. The second-order valence-electron chi connectivity index (χ2n) is 8.29. The number of aromatic nitrogens is 3. The third-order valence-electron chi connectivity index (χ3n) is 5.81. The molecule has 1 amide bonds. The monoisotopic (exact) mass is 443 g/mol. The molecule has 1 saturated heterocycles. The van der Waals surface area contributed by atoms with Gasteiger partial charge in [-0.1, -0.05) is 36.4 Å². The van der Waals surface area contributed by atoms with Gasteiger partial charge in [0.05, 0.1) is 17.1 Å². The van der Waals surface area contributed by atoms with Crippen molar-refractivity contribution in [3.8, 4) is 0 Å². The highest BCUT2D eigenvalue weighted by Gasteiger charge is 2.20. The van der Waals surface area contributed by atoms with E-state index in [0.29, 0.717) is 41.2 Å². The third kappa shape index (κ3) is 4.42. The van der Waals surface area contributed by atoms with Crippen molar-refractivity contribution >= 4 is 28.4 Å². The Bertz CT molecular complexity index is 1380. The van der Waals surface area contributed by atoms with Gasteiger partial charge in [0, 0.05) is 25.9 Å². The van der Waals surface area contributed by atoms with Crippen molar-refractivity contribution < 1.29 is 9.53 Å². The molecule has 1 atom stereocenters. The Labute approximate surface area is 190 Å². The Morgan fingerprint density at radius 1 is 1.18 bits per heavy atom. The predicted octanol–water partition coefficient (Wildman–Crippen LogP) is 3.07. The highest BCUT2D eigenvalue weighted by Crippen LogP contribution is 2.20. The van der Waals surface area contributed by atoms with Crippen LogP contribution in [0.5, 0.6) is 0 Å². The molecule has 5 rings (SSSR count). The smallest absolute Gasteiger partial charge is 0.267 e. The molecule has 3 aromatic heterocycles. The average molecular weight is 444 g/mol. The van der Waals surface area contributed by atoms with Crippen LogP contribution in [0, 0.1) is 6.92 Å². The molecule has 0 saturated carbocycles. The molecular weight excluding hydrogens is 418 g/mol. The Morgan fingerprint density at radius 3 is 2.82 bits per heavy atom. The molecule has 1 aliphatic rings. The van der Waals surface area contributed by atoms with E-state index in [4.69, 9.17) is 4.74 Å². The second-order valence-corrected chi connectivity index (χ2v) is 8.29. The Balaban J connectivity index is 1.54. The summed E-state index contributed by atoms with van der Waals surface area (Å²) in [7, 11) is 0. The number of nitrogens with one attached hydrogen (secondary N) is 2. The minimum absolute atomic E-state index is 0.0703. The number of hydrogen-bond donors (Lipinski definition) is 2. The molecule has 168 valence electrons. The fourth-order valence-corrected chi connectivity index (χ4v) is 4.03. The molecule has 1 aliphatic heterocycles. The van der Waals surface area contributed by atoms with E-state index < -0.39 is 0 Å². The number of aryl methyl sites for hydroxylation is 1. The summed E-state index contributed by atoms with van der Waals surface area (Å²) in [6.07, 6.45) is 3.79. The molecule has 0 aliphatic carbocycles. The fourth-order valence-electron chi connectivity index (χ4n) is 4.03. The standard InChI is InChI=1S/C25H25N5O3/c1-16-9-10-21-28-23-20(25(32)30(21)15-16)12-19(22(29-23)26-14-18-8-5-11-33-18)24(31)27-13-17-6-3-2-4-7-17/h2-4,6-7,9-10,12,15,18H,5,8,11,13-14H2,1H3,(H,26,29)(H,27,31)/t18-/m0/s1. The number of fused-ring (bicyclic) bond motifs is 2. The molecule has 1 fully saturated rings. The van der Waals surface area contributed by atoms with Crippen LogP contribution in [0.1, 0.15) is 34.3 Å². The summed E-state index contributed by atoms with van der Waals surface area (Å²) in [6, 6.07) is 14.9. The summed E-state index contributed by atoms with van der Waals surface area (Å²) in [4.78, 5) is 35.5. The molecule has 0 radical (unpaired) electrons. The van der Waals surface area contributed by atoms with Crippen LogP contribution in [0.2, 0.25) is 0 Å². The van der Waals surface area contributed by atoms with E-state index in [9.17, 15) is 9.59 Å². The van der Waals surface area contributed by atoms with Gasteiger partial charge in [-0.05, 0) is 43.0 Å². The van der Waals surface area contributed by atoms with Crippen molar-refractivity contribution in [1.82, 2.24) is 19.7 Å². The topological polar surface area (TPSA) is 97.6 Å². The zero-order valence-corrected chi connectivity index (χ0v) is 18.4. The number of carbonyl (C=O) groups is 1. The first-order chi connectivity index (χ1) is 16.1. The van der Waals surface area contributed by atoms with E-state index in [1.165, 1.54) is 4.40 Å². The van der Waals surface area contributed by atoms with Crippen molar-refractivity contribution in [3.05, 3.63) is 81.8 Å². The number of amides is 1. The first-order valence-corrected chi connectivity index (χ1v) is 11.1. The lowest BCUT2D eigenvalue weighted by Gasteiger charge is -2.15. The van der Waals surface area contributed by atoms with Crippen LogP contribution in [-0.4, -0.2) is 39.5 Å². The molecule has 0 unspecified atom stereocenters. The van der Waals surface area contributed by atoms with Gasteiger partial charge >= 0.3 is 0 Å². The maximum Gasteiger partial charge on any atom is 0.267 e. The van der Waals surface area contributed by atoms with Gasteiger partial charge in [0.1, 0.15) is 11.5 Å². The zero-order valence-electron chi connectivity index (χ0n) is 18.4. The van der Waals surface area contributed by atoms with Crippen LogP contribution in [0.15, 0.2) is 59.5 Å². The van der Waals surface area contributed by atoms with Crippen molar-refractivity contribution in [2.24, 2.45) is 0 Å².